The van der Waals surface area contributed by atoms with E-state index in [1.165, 1.54) is 0 Å². The van der Waals surface area contributed by atoms with Crippen molar-refractivity contribution in [1.82, 2.24) is 5.32 Å². The van der Waals surface area contributed by atoms with Gasteiger partial charge in [0.2, 0.25) is 0 Å². The van der Waals surface area contributed by atoms with Crippen LogP contribution in [0.1, 0.15) is 12.5 Å². The third-order valence-electron chi connectivity index (χ3n) is 2.11. The molecule has 1 rings (SSSR count). The number of ketones is 1. The van der Waals surface area contributed by atoms with Crippen molar-refractivity contribution < 1.29 is 9.53 Å². The Balaban J connectivity index is 2.52. The SMILES string of the molecule is CCNCC(=O)Cc1cccc(OC)c1. The van der Waals surface area contributed by atoms with Gasteiger partial charge in [-0.25, -0.2) is 0 Å². The van der Waals surface area contributed by atoms with E-state index >= 15 is 0 Å². The van der Waals surface area contributed by atoms with Gasteiger partial charge in [0, 0.05) is 6.42 Å². The van der Waals surface area contributed by atoms with Gasteiger partial charge in [0.05, 0.1) is 13.7 Å². The summed E-state index contributed by atoms with van der Waals surface area (Å²) < 4.78 is 5.09. The van der Waals surface area contributed by atoms with Gasteiger partial charge in [0.25, 0.3) is 0 Å². The summed E-state index contributed by atoms with van der Waals surface area (Å²) in [7, 11) is 1.62. The molecule has 0 saturated carbocycles. The highest BCUT2D eigenvalue weighted by atomic mass is 16.5. The molecule has 1 aromatic carbocycles. The molecule has 15 heavy (non-hydrogen) atoms. The van der Waals surface area contributed by atoms with Gasteiger partial charge < -0.3 is 10.1 Å². The van der Waals surface area contributed by atoms with E-state index in [-0.39, 0.29) is 5.78 Å². The Morgan fingerprint density at radius 2 is 2.27 bits per heavy atom. The molecule has 1 N–H and O–H groups in total. The highest BCUT2D eigenvalue weighted by Gasteiger charge is 2.03. The number of carbonyl (C=O) groups is 1. The van der Waals surface area contributed by atoms with E-state index in [1.54, 1.807) is 7.11 Å². The fourth-order valence-electron chi connectivity index (χ4n) is 1.34. The standard InChI is InChI=1S/C12H17NO2/c1-3-13-9-11(14)7-10-5-4-6-12(8-10)15-2/h4-6,8,13H,3,7,9H2,1-2H3. The fourth-order valence-corrected chi connectivity index (χ4v) is 1.34. The second-order valence-corrected chi connectivity index (χ2v) is 3.35. The maximum atomic E-state index is 11.5. The number of likely N-dealkylation sites (N-methyl/N-ethyl adjacent to an activating group) is 1. The van der Waals surface area contributed by atoms with E-state index in [4.69, 9.17) is 4.74 Å². The zero-order valence-electron chi connectivity index (χ0n) is 9.25. The highest BCUT2D eigenvalue weighted by Crippen LogP contribution is 2.12. The molecule has 0 bridgehead atoms. The zero-order chi connectivity index (χ0) is 11.1. The van der Waals surface area contributed by atoms with Gasteiger partial charge in [-0.15, -0.1) is 0 Å². The van der Waals surface area contributed by atoms with Crippen LogP contribution in [-0.4, -0.2) is 26.0 Å². The monoisotopic (exact) mass is 207 g/mol. The predicted octanol–water partition coefficient (Wildman–Crippen LogP) is 1.42. The van der Waals surface area contributed by atoms with Crippen LogP contribution in [0.2, 0.25) is 0 Å². The van der Waals surface area contributed by atoms with Gasteiger partial charge in [-0.05, 0) is 24.2 Å². The Labute approximate surface area is 90.4 Å². The maximum Gasteiger partial charge on any atom is 0.150 e. The molecule has 0 fully saturated rings. The number of rotatable bonds is 6. The molecule has 0 aromatic heterocycles. The van der Waals surface area contributed by atoms with Crippen molar-refractivity contribution >= 4 is 5.78 Å². The largest absolute Gasteiger partial charge is 0.497 e. The topological polar surface area (TPSA) is 38.3 Å². The number of methoxy groups -OCH3 is 1. The zero-order valence-corrected chi connectivity index (χ0v) is 9.25. The Morgan fingerprint density at radius 3 is 2.93 bits per heavy atom. The summed E-state index contributed by atoms with van der Waals surface area (Å²) >= 11 is 0. The van der Waals surface area contributed by atoms with Crippen LogP contribution in [0.15, 0.2) is 24.3 Å². The van der Waals surface area contributed by atoms with Crippen molar-refractivity contribution in [2.24, 2.45) is 0 Å². The molecule has 1 aromatic rings. The number of carbonyl (C=O) groups excluding carboxylic acids is 1. The molecule has 3 nitrogen and oxygen atoms in total. The van der Waals surface area contributed by atoms with Crippen molar-refractivity contribution in [1.29, 1.82) is 0 Å². The number of benzene rings is 1. The van der Waals surface area contributed by atoms with Gasteiger partial charge in [0.15, 0.2) is 5.78 Å². The first-order chi connectivity index (χ1) is 7.26. The van der Waals surface area contributed by atoms with Crippen molar-refractivity contribution in [2.75, 3.05) is 20.2 Å². The van der Waals surface area contributed by atoms with E-state index in [9.17, 15) is 4.79 Å². The van der Waals surface area contributed by atoms with Crippen molar-refractivity contribution in [3.8, 4) is 5.75 Å². The lowest BCUT2D eigenvalue weighted by molar-refractivity contribution is -0.117. The van der Waals surface area contributed by atoms with Crippen LogP contribution in [-0.2, 0) is 11.2 Å². The molecule has 3 heteroatoms. The van der Waals surface area contributed by atoms with Gasteiger partial charge in [-0.3, -0.25) is 4.79 Å². The van der Waals surface area contributed by atoms with Crippen molar-refractivity contribution in [2.45, 2.75) is 13.3 Å². The Hall–Kier alpha value is -1.35. The molecule has 82 valence electrons. The number of hydrogen-bond acceptors (Lipinski definition) is 3. The summed E-state index contributed by atoms with van der Waals surface area (Å²) in [5.74, 6) is 0.994. The summed E-state index contributed by atoms with van der Waals surface area (Å²) in [5, 5.41) is 3.02. The molecule has 0 aliphatic rings. The highest BCUT2D eigenvalue weighted by molar-refractivity contribution is 5.82. The summed E-state index contributed by atoms with van der Waals surface area (Å²) in [6.45, 7) is 3.25. The van der Waals surface area contributed by atoms with Crippen LogP contribution in [0.5, 0.6) is 5.75 Å². The third kappa shape index (κ3) is 4.13. The minimum absolute atomic E-state index is 0.199. The molecule has 0 unspecified atom stereocenters. The van der Waals surface area contributed by atoms with Crippen molar-refractivity contribution in [3.63, 3.8) is 0 Å². The number of ether oxygens (including phenoxy) is 1. The van der Waals surface area contributed by atoms with Gasteiger partial charge in [0.1, 0.15) is 5.75 Å². The molecule has 0 saturated heterocycles. The molecule has 0 heterocycles. The van der Waals surface area contributed by atoms with Crippen LogP contribution in [0, 0.1) is 0 Å². The van der Waals surface area contributed by atoms with Crippen LogP contribution in [0.25, 0.3) is 0 Å². The first-order valence-electron chi connectivity index (χ1n) is 5.11. The summed E-state index contributed by atoms with van der Waals surface area (Å²) in [5.41, 5.74) is 0.997. The summed E-state index contributed by atoms with van der Waals surface area (Å²) in [6.07, 6.45) is 0.462. The van der Waals surface area contributed by atoms with E-state index in [0.717, 1.165) is 17.9 Å². The third-order valence-corrected chi connectivity index (χ3v) is 2.11. The summed E-state index contributed by atoms with van der Waals surface area (Å²) in [6, 6.07) is 7.60. The van der Waals surface area contributed by atoms with Crippen LogP contribution < -0.4 is 10.1 Å². The normalized spacial score (nSPS) is 10.0. The average molecular weight is 207 g/mol. The van der Waals surface area contributed by atoms with Crippen LogP contribution >= 0.6 is 0 Å². The molecule has 0 amide bonds. The first-order valence-corrected chi connectivity index (χ1v) is 5.11. The van der Waals surface area contributed by atoms with Gasteiger partial charge in [-0.2, -0.15) is 0 Å². The quantitative estimate of drug-likeness (QED) is 0.766. The van der Waals surface area contributed by atoms with Crippen LogP contribution in [0.3, 0.4) is 0 Å². The first kappa shape index (κ1) is 11.7. The maximum absolute atomic E-state index is 11.5. The molecule has 0 aliphatic heterocycles. The van der Waals surface area contributed by atoms with Crippen LogP contribution in [0.4, 0.5) is 0 Å². The second-order valence-electron chi connectivity index (χ2n) is 3.35. The lowest BCUT2D eigenvalue weighted by Gasteiger charge is -2.04. The van der Waals surface area contributed by atoms with E-state index in [2.05, 4.69) is 5.32 Å². The minimum Gasteiger partial charge on any atom is -0.497 e. The lowest BCUT2D eigenvalue weighted by Crippen LogP contribution is -2.23. The van der Waals surface area contributed by atoms with Crippen molar-refractivity contribution in [3.05, 3.63) is 29.8 Å². The van der Waals surface area contributed by atoms with E-state index < -0.39 is 0 Å². The molecular formula is C12H17NO2. The van der Waals surface area contributed by atoms with E-state index in [1.807, 2.05) is 31.2 Å². The molecule has 0 spiro atoms. The Bertz CT molecular complexity index is 323. The Kier molecular flexibility index (Phi) is 4.84. The smallest absolute Gasteiger partial charge is 0.150 e. The average Bonchev–Trinajstić information content (AvgIpc) is 2.26. The van der Waals surface area contributed by atoms with Gasteiger partial charge >= 0.3 is 0 Å². The fraction of sp³-hybridized carbons (Fsp3) is 0.417. The summed E-state index contributed by atoms with van der Waals surface area (Å²) in [4.78, 5) is 11.5. The predicted molar refractivity (Wildman–Crippen MR) is 60.2 cm³/mol. The molecular weight excluding hydrogens is 190 g/mol. The molecule has 0 aliphatic carbocycles. The molecule has 0 atom stereocenters. The lowest BCUT2D eigenvalue weighted by atomic mass is 10.1. The second kappa shape index (κ2) is 6.19. The molecule has 0 radical (unpaired) electrons. The number of nitrogens with one attached hydrogen (secondary N) is 1. The number of hydrogen-bond donors (Lipinski definition) is 1. The Morgan fingerprint density at radius 1 is 1.47 bits per heavy atom. The van der Waals surface area contributed by atoms with E-state index in [0.29, 0.717) is 13.0 Å². The van der Waals surface area contributed by atoms with Gasteiger partial charge in [-0.1, -0.05) is 19.1 Å². The minimum atomic E-state index is 0.199. The number of Topliss-reactive ketones (excluding diaryl/α,β-unsaturated/α-hetero) is 1.